The fraction of sp³-hybridized carbons (Fsp3) is 0.429. The van der Waals surface area contributed by atoms with Crippen LogP contribution in [0.1, 0.15) is 30.4 Å². The van der Waals surface area contributed by atoms with Crippen LogP contribution in [-0.2, 0) is 13.6 Å². The summed E-state index contributed by atoms with van der Waals surface area (Å²) in [6, 6.07) is 10.5. The zero-order valence-corrected chi connectivity index (χ0v) is 16.2. The molecule has 2 heterocycles. The first-order chi connectivity index (χ1) is 13.0. The highest BCUT2D eigenvalue weighted by Gasteiger charge is 2.36. The van der Waals surface area contributed by atoms with Crippen molar-refractivity contribution >= 4 is 16.9 Å². The summed E-state index contributed by atoms with van der Waals surface area (Å²) in [7, 11) is 3.84. The number of hydrogen-bond acceptors (Lipinski definition) is 2. The minimum atomic E-state index is -0.0379. The number of aromatic nitrogens is 3. The number of nitrogens with zero attached hydrogens (tertiary/aromatic N) is 4. The number of nitrogens with one attached hydrogen (secondary N) is 1. The highest BCUT2D eigenvalue weighted by Crippen LogP contribution is 2.40. The van der Waals surface area contributed by atoms with Gasteiger partial charge in [-0.15, -0.1) is 0 Å². The van der Waals surface area contributed by atoms with Crippen LogP contribution in [0.3, 0.4) is 0 Å². The Labute approximate surface area is 159 Å². The van der Waals surface area contributed by atoms with E-state index in [0.717, 1.165) is 25.2 Å². The van der Waals surface area contributed by atoms with E-state index in [1.807, 2.05) is 24.9 Å². The Morgan fingerprint density at radius 1 is 1.37 bits per heavy atom. The zero-order valence-electron chi connectivity index (χ0n) is 16.2. The van der Waals surface area contributed by atoms with E-state index >= 15 is 0 Å². The predicted octanol–water partition coefficient (Wildman–Crippen LogP) is 3.48. The van der Waals surface area contributed by atoms with E-state index in [0.29, 0.717) is 12.5 Å². The van der Waals surface area contributed by atoms with Crippen LogP contribution in [0.15, 0.2) is 42.7 Å². The summed E-state index contributed by atoms with van der Waals surface area (Å²) in [5.74, 6) is 1.44. The Bertz CT molecular complexity index is 953. The van der Waals surface area contributed by atoms with Gasteiger partial charge in [0.1, 0.15) is 5.82 Å². The maximum atomic E-state index is 12.8. The highest BCUT2D eigenvalue weighted by molar-refractivity contribution is 5.81. The molecule has 1 aliphatic rings. The smallest absolute Gasteiger partial charge is 0.317 e. The topological polar surface area (TPSA) is 55.1 Å². The second-order valence-corrected chi connectivity index (χ2v) is 7.58. The molecule has 0 radical (unpaired) electrons. The first-order valence-corrected chi connectivity index (χ1v) is 9.58. The van der Waals surface area contributed by atoms with E-state index in [-0.39, 0.29) is 12.1 Å². The first-order valence-electron chi connectivity index (χ1n) is 9.58. The zero-order chi connectivity index (χ0) is 19.0. The van der Waals surface area contributed by atoms with Gasteiger partial charge in [0.25, 0.3) is 0 Å². The summed E-state index contributed by atoms with van der Waals surface area (Å²) in [6.07, 6.45) is 6.02. The van der Waals surface area contributed by atoms with Crippen molar-refractivity contribution in [2.75, 3.05) is 13.6 Å². The number of rotatable bonds is 6. The molecule has 3 aromatic rings. The van der Waals surface area contributed by atoms with Gasteiger partial charge in [-0.05, 0) is 43.2 Å². The summed E-state index contributed by atoms with van der Waals surface area (Å²) in [5.41, 5.74) is 2.43. The van der Waals surface area contributed by atoms with Gasteiger partial charge < -0.3 is 19.4 Å². The summed E-state index contributed by atoms with van der Waals surface area (Å²) < 4.78 is 4.27. The number of amides is 2. The van der Waals surface area contributed by atoms with E-state index in [2.05, 4.69) is 52.1 Å². The SMILES string of the molecule is Cc1cc2ccccc2n1CCN(C)C(=O)N[C@@H](c1nccn1C)C1CC1. The van der Waals surface area contributed by atoms with Crippen LogP contribution >= 0.6 is 0 Å². The lowest BCUT2D eigenvalue weighted by Crippen LogP contribution is -2.42. The highest BCUT2D eigenvalue weighted by atomic mass is 16.2. The van der Waals surface area contributed by atoms with Crippen molar-refractivity contribution in [1.82, 2.24) is 24.3 Å². The van der Waals surface area contributed by atoms with Crippen molar-refractivity contribution < 1.29 is 4.79 Å². The molecule has 1 saturated carbocycles. The largest absolute Gasteiger partial charge is 0.343 e. The van der Waals surface area contributed by atoms with Gasteiger partial charge >= 0.3 is 6.03 Å². The molecule has 0 spiro atoms. The average Bonchev–Trinajstić information content (AvgIpc) is 3.33. The second kappa shape index (κ2) is 7.10. The van der Waals surface area contributed by atoms with Crippen LogP contribution in [0.25, 0.3) is 10.9 Å². The number of aryl methyl sites for hydroxylation is 2. The molecule has 6 heteroatoms. The Morgan fingerprint density at radius 2 is 2.15 bits per heavy atom. The van der Waals surface area contributed by atoms with Crippen molar-refractivity contribution in [3.05, 3.63) is 54.2 Å². The Kier molecular flexibility index (Phi) is 4.64. The maximum Gasteiger partial charge on any atom is 0.317 e. The quantitative estimate of drug-likeness (QED) is 0.727. The van der Waals surface area contributed by atoms with Crippen LogP contribution in [0.5, 0.6) is 0 Å². The minimum Gasteiger partial charge on any atom is -0.343 e. The number of benzene rings is 1. The number of para-hydroxylation sites is 1. The average molecular weight is 365 g/mol. The van der Waals surface area contributed by atoms with Crippen molar-refractivity contribution in [1.29, 1.82) is 0 Å². The van der Waals surface area contributed by atoms with E-state index in [9.17, 15) is 4.79 Å². The second-order valence-electron chi connectivity index (χ2n) is 7.58. The molecule has 0 saturated heterocycles. The van der Waals surface area contributed by atoms with E-state index in [4.69, 9.17) is 0 Å². The van der Waals surface area contributed by atoms with Crippen LogP contribution in [0.4, 0.5) is 4.79 Å². The lowest BCUT2D eigenvalue weighted by molar-refractivity contribution is 0.200. The van der Waals surface area contributed by atoms with Crippen LogP contribution in [0, 0.1) is 12.8 Å². The molecule has 142 valence electrons. The number of carbonyl (C=O) groups excluding carboxylic acids is 1. The molecule has 1 atom stereocenters. The summed E-state index contributed by atoms with van der Waals surface area (Å²) in [5, 5.41) is 4.44. The van der Waals surface area contributed by atoms with Crippen LogP contribution in [0.2, 0.25) is 0 Å². The normalized spacial score (nSPS) is 15.1. The number of urea groups is 1. The predicted molar refractivity (Wildman–Crippen MR) is 107 cm³/mol. The van der Waals surface area contributed by atoms with E-state index in [1.165, 1.54) is 16.6 Å². The van der Waals surface area contributed by atoms with Gasteiger partial charge in [0, 0.05) is 50.8 Å². The van der Waals surface area contributed by atoms with Gasteiger partial charge in [-0.25, -0.2) is 9.78 Å². The van der Waals surface area contributed by atoms with Crippen LogP contribution in [-0.4, -0.2) is 38.6 Å². The monoisotopic (exact) mass is 365 g/mol. The van der Waals surface area contributed by atoms with Crippen molar-refractivity contribution in [2.24, 2.45) is 13.0 Å². The van der Waals surface area contributed by atoms with Crippen molar-refractivity contribution in [2.45, 2.75) is 32.4 Å². The van der Waals surface area contributed by atoms with Gasteiger partial charge in [0.05, 0.1) is 6.04 Å². The number of likely N-dealkylation sites (N-methyl/N-ethyl adjacent to an activating group) is 1. The van der Waals surface area contributed by atoms with Crippen LogP contribution < -0.4 is 5.32 Å². The summed E-state index contributed by atoms with van der Waals surface area (Å²) in [4.78, 5) is 19.0. The molecule has 0 aliphatic heterocycles. The van der Waals surface area contributed by atoms with Gasteiger partial charge in [-0.3, -0.25) is 0 Å². The Balaban J connectivity index is 1.42. The molecule has 1 fully saturated rings. The third-order valence-electron chi connectivity index (χ3n) is 5.53. The Hall–Kier alpha value is -2.76. The molecule has 1 N–H and O–H groups in total. The fourth-order valence-electron chi connectivity index (χ4n) is 3.74. The van der Waals surface area contributed by atoms with Gasteiger partial charge in [0.15, 0.2) is 0 Å². The summed E-state index contributed by atoms with van der Waals surface area (Å²) >= 11 is 0. The number of imidazole rings is 1. The number of hydrogen-bond donors (Lipinski definition) is 1. The standard InChI is InChI=1S/C21H27N5O/c1-15-14-17-6-4-5-7-18(17)26(15)13-12-25(3)21(27)23-19(16-8-9-16)20-22-10-11-24(20)2/h4-7,10-11,14,16,19H,8-9,12-13H2,1-3H3,(H,23,27)/t19-/m1/s1. The molecule has 2 amide bonds. The van der Waals surface area contributed by atoms with Gasteiger partial charge in [0.2, 0.25) is 0 Å². The molecule has 2 aromatic heterocycles. The van der Waals surface area contributed by atoms with Crippen molar-refractivity contribution in [3.8, 4) is 0 Å². The Morgan fingerprint density at radius 3 is 2.85 bits per heavy atom. The molecular weight excluding hydrogens is 338 g/mol. The lowest BCUT2D eigenvalue weighted by atomic mass is 10.1. The van der Waals surface area contributed by atoms with E-state index < -0.39 is 0 Å². The third kappa shape index (κ3) is 3.56. The molecular formula is C21H27N5O. The first kappa shape index (κ1) is 17.6. The summed E-state index contributed by atoms with van der Waals surface area (Å²) in [6.45, 7) is 3.55. The van der Waals surface area contributed by atoms with E-state index in [1.54, 1.807) is 11.1 Å². The third-order valence-corrected chi connectivity index (χ3v) is 5.53. The molecule has 4 rings (SSSR count). The number of carbonyl (C=O) groups is 1. The fourth-order valence-corrected chi connectivity index (χ4v) is 3.74. The minimum absolute atomic E-state index is 0.00547. The van der Waals surface area contributed by atoms with Gasteiger partial charge in [-0.1, -0.05) is 18.2 Å². The molecule has 27 heavy (non-hydrogen) atoms. The molecule has 6 nitrogen and oxygen atoms in total. The number of fused-ring (bicyclic) bond motifs is 1. The molecule has 0 bridgehead atoms. The van der Waals surface area contributed by atoms with Gasteiger partial charge in [-0.2, -0.15) is 0 Å². The molecule has 1 aromatic carbocycles. The maximum absolute atomic E-state index is 12.8. The molecule has 0 unspecified atom stereocenters. The lowest BCUT2D eigenvalue weighted by Gasteiger charge is -2.24. The molecule has 1 aliphatic carbocycles. The van der Waals surface area contributed by atoms with Crippen molar-refractivity contribution in [3.63, 3.8) is 0 Å².